The van der Waals surface area contributed by atoms with Gasteiger partial charge in [0.15, 0.2) is 0 Å². The van der Waals surface area contributed by atoms with Crippen LogP contribution in [0.5, 0.6) is 0 Å². The first-order chi connectivity index (χ1) is 7.83. The molecule has 1 heterocycles. The van der Waals surface area contributed by atoms with Gasteiger partial charge < -0.3 is 9.47 Å². The van der Waals surface area contributed by atoms with E-state index in [1.165, 1.54) is 0 Å². The van der Waals surface area contributed by atoms with Crippen LogP contribution < -0.4 is 0 Å². The van der Waals surface area contributed by atoms with Gasteiger partial charge in [0.2, 0.25) is 0 Å². The lowest BCUT2D eigenvalue weighted by Crippen LogP contribution is -2.10. The normalized spacial score (nSPS) is 10.9. The molecular weight excluding hydrogens is 230 g/mol. The number of ether oxygens (including phenoxy) is 2. The molecule has 92 valence electrons. The highest BCUT2D eigenvalue weighted by atomic mass is 35.5. The first-order valence-corrected chi connectivity index (χ1v) is 5.82. The Labute approximate surface area is 101 Å². The number of halogens is 1. The van der Waals surface area contributed by atoms with Crippen molar-refractivity contribution in [1.82, 2.24) is 15.0 Å². The van der Waals surface area contributed by atoms with Gasteiger partial charge in [-0.1, -0.05) is 5.21 Å². The first kappa shape index (κ1) is 13.4. The zero-order valence-electron chi connectivity index (χ0n) is 9.78. The van der Waals surface area contributed by atoms with E-state index in [4.69, 9.17) is 21.1 Å². The molecule has 1 aromatic heterocycles. The van der Waals surface area contributed by atoms with Crippen molar-refractivity contribution < 1.29 is 9.47 Å². The highest BCUT2D eigenvalue weighted by molar-refractivity contribution is 6.16. The summed E-state index contributed by atoms with van der Waals surface area (Å²) in [6, 6.07) is 0. The van der Waals surface area contributed by atoms with Gasteiger partial charge in [0, 0.05) is 33.8 Å². The molecule has 0 atom stereocenters. The fourth-order valence-corrected chi connectivity index (χ4v) is 1.69. The number of hydrogen-bond donors (Lipinski definition) is 0. The molecule has 0 radical (unpaired) electrons. The molecule has 1 rings (SSSR count). The molecule has 0 bridgehead atoms. The molecule has 0 aliphatic rings. The van der Waals surface area contributed by atoms with E-state index in [1.54, 1.807) is 14.2 Å². The minimum Gasteiger partial charge on any atom is -0.385 e. The van der Waals surface area contributed by atoms with Crippen molar-refractivity contribution in [3.63, 3.8) is 0 Å². The molecule has 6 heteroatoms. The summed E-state index contributed by atoms with van der Waals surface area (Å²) in [5.74, 6) is 0.392. The van der Waals surface area contributed by atoms with Crippen molar-refractivity contribution in [3.8, 4) is 0 Å². The van der Waals surface area contributed by atoms with Crippen molar-refractivity contribution >= 4 is 11.6 Å². The summed E-state index contributed by atoms with van der Waals surface area (Å²) in [5, 5.41) is 8.13. The molecule has 0 saturated carbocycles. The molecule has 0 aromatic carbocycles. The van der Waals surface area contributed by atoms with Crippen LogP contribution in [0.4, 0.5) is 0 Å². The van der Waals surface area contributed by atoms with Crippen LogP contribution in [-0.2, 0) is 28.3 Å². The van der Waals surface area contributed by atoms with E-state index in [0.717, 1.165) is 37.4 Å². The van der Waals surface area contributed by atoms with Gasteiger partial charge in [0.25, 0.3) is 0 Å². The molecule has 16 heavy (non-hydrogen) atoms. The summed E-state index contributed by atoms with van der Waals surface area (Å²) in [6.07, 6.45) is 1.71. The second-order valence-corrected chi connectivity index (χ2v) is 3.70. The Balaban J connectivity index is 2.62. The molecule has 0 N–H and O–H groups in total. The lowest BCUT2D eigenvalue weighted by molar-refractivity contribution is 0.186. The van der Waals surface area contributed by atoms with Gasteiger partial charge >= 0.3 is 0 Å². The number of hydrogen-bond acceptors (Lipinski definition) is 4. The molecule has 1 aromatic rings. The highest BCUT2D eigenvalue weighted by Crippen LogP contribution is 2.10. The van der Waals surface area contributed by atoms with Gasteiger partial charge in [-0.05, 0) is 6.42 Å². The molecule has 0 saturated heterocycles. The van der Waals surface area contributed by atoms with E-state index >= 15 is 0 Å². The lowest BCUT2D eigenvalue weighted by Gasteiger charge is -2.06. The van der Waals surface area contributed by atoms with Crippen molar-refractivity contribution in [2.24, 2.45) is 0 Å². The summed E-state index contributed by atoms with van der Waals surface area (Å²) >= 11 is 5.80. The van der Waals surface area contributed by atoms with Crippen LogP contribution in [-0.4, -0.2) is 42.4 Å². The molecule has 0 aliphatic heterocycles. The zero-order chi connectivity index (χ0) is 11.8. The average Bonchev–Trinajstić information content (AvgIpc) is 2.69. The van der Waals surface area contributed by atoms with Crippen LogP contribution in [0.2, 0.25) is 0 Å². The van der Waals surface area contributed by atoms with E-state index < -0.39 is 0 Å². The Morgan fingerprint density at radius 1 is 1.25 bits per heavy atom. The van der Waals surface area contributed by atoms with Crippen molar-refractivity contribution in [3.05, 3.63) is 11.4 Å². The van der Waals surface area contributed by atoms with E-state index in [-0.39, 0.29) is 0 Å². The number of aromatic nitrogens is 3. The topological polar surface area (TPSA) is 49.2 Å². The third-order valence-electron chi connectivity index (χ3n) is 2.31. The van der Waals surface area contributed by atoms with Crippen LogP contribution in [0.1, 0.15) is 17.8 Å². The molecule has 0 aliphatic carbocycles. The molecular formula is C10H18ClN3O2. The second-order valence-electron chi connectivity index (χ2n) is 3.43. The number of methoxy groups -OCH3 is 2. The number of alkyl halides is 1. The fraction of sp³-hybridized carbons (Fsp3) is 0.800. The van der Waals surface area contributed by atoms with Gasteiger partial charge in [-0.3, -0.25) is 0 Å². The van der Waals surface area contributed by atoms with Gasteiger partial charge in [-0.25, -0.2) is 4.68 Å². The minimum absolute atomic E-state index is 0.392. The standard InChI is InChI=1S/C10H18ClN3O2/c1-15-6-3-5-14-10(4-7-16-2)9(8-11)12-13-14/h3-8H2,1-2H3. The molecule has 0 spiro atoms. The SMILES string of the molecule is COCCCn1nnc(CCl)c1CCOC. The van der Waals surface area contributed by atoms with Crippen LogP contribution in [0.15, 0.2) is 0 Å². The summed E-state index contributed by atoms with van der Waals surface area (Å²) in [6.45, 7) is 2.18. The second kappa shape index (κ2) is 7.60. The zero-order valence-corrected chi connectivity index (χ0v) is 10.5. The Hall–Kier alpha value is -0.650. The van der Waals surface area contributed by atoms with E-state index in [9.17, 15) is 0 Å². The Morgan fingerprint density at radius 3 is 2.62 bits per heavy atom. The third kappa shape index (κ3) is 3.73. The van der Waals surface area contributed by atoms with Crippen molar-refractivity contribution in [2.45, 2.75) is 25.3 Å². The van der Waals surface area contributed by atoms with Crippen molar-refractivity contribution in [1.29, 1.82) is 0 Å². The van der Waals surface area contributed by atoms with Crippen LogP contribution in [0, 0.1) is 0 Å². The lowest BCUT2D eigenvalue weighted by atomic mass is 10.2. The Bertz CT molecular complexity index is 304. The van der Waals surface area contributed by atoms with E-state index in [2.05, 4.69) is 10.3 Å². The van der Waals surface area contributed by atoms with Crippen molar-refractivity contribution in [2.75, 3.05) is 27.4 Å². The Morgan fingerprint density at radius 2 is 2.00 bits per heavy atom. The van der Waals surface area contributed by atoms with Gasteiger partial charge in [0.05, 0.1) is 18.2 Å². The molecule has 0 fully saturated rings. The number of nitrogens with zero attached hydrogens (tertiary/aromatic N) is 3. The largest absolute Gasteiger partial charge is 0.385 e. The summed E-state index contributed by atoms with van der Waals surface area (Å²) in [5.41, 5.74) is 1.91. The van der Waals surface area contributed by atoms with Crippen LogP contribution >= 0.6 is 11.6 Å². The number of aryl methyl sites for hydroxylation is 1. The minimum atomic E-state index is 0.392. The Kier molecular flexibility index (Phi) is 6.37. The summed E-state index contributed by atoms with van der Waals surface area (Å²) < 4.78 is 11.9. The van der Waals surface area contributed by atoms with E-state index in [1.807, 2.05) is 4.68 Å². The van der Waals surface area contributed by atoms with E-state index in [0.29, 0.717) is 12.5 Å². The maximum absolute atomic E-state index is 5.80. The molecule has 5 nitrogen and oxygen atoms in total. The average molecular weight is 248 g/mol. The van der Waals surface area contributed by atoms with Crippen LogP contribution in [0.25, 0.3) is 0 Å². The van der Waals surface area contributed by atoms with Gasteiger partial charge in [0.1, 0.15) is 5.69 Å². The fourth-order valence-electron chi connectivity index (χ4n) is 1.48. The quantitative estimate of drug-likeness (QED) is 0.512. The van der Waals surface area contributed by atoms with Gasteiger partial charge in [-0.2, -0.15) is 0 Å². The smallest absolute Gasteiger partial charge is 0.101 e. The number of rotatable bonds is 8. The maximum Gasteiger partial charge on any atom is 0.101 e. The highest BCUT2D eigenvalue weighted by Gasteiger charge is 2.11. The van der Waals surface area contributed by atoms with Crippen LogP contribution in [0.3, 0.4) is 0 Å². The first-order valence-electron chi connectivity index (χ1n) is 5.28. The summed E-state index contributed by atoms with van der Waals surface area (Å²) in [4.78, 5) is 0. The molecule has 0 amide bonds. The maximum atomic E-state index is 5.80. The van der Waals surface area contributed by atoms with Gasteiger partial charge in [-0.15, -0.1) is 16.7 Å². The monoisotopic (exact) mass is 247 g/mol. The predicted molar refractivity (Wildman–Crippen MR) is 61.7 cm³/mol. The summed E-state index contributed by atoms with van der Waals surface area (Å²) in [7, 11) is 3.37. The predicted octanol–water partition coefficient (Wildman–Crippen LogP) is 1.24. The molecule has 0 unspecified atom stereocenters. The third-order valence-corrected chi connectivity index (χ3v) is 2.56.